The summed E-state index contributed by atoms with van der Waals surface area (Å²) in [5.74, 6) is 0.0689. The first-order chi connectivity index (χ1) is 12.4. The second-order valence-electron chi connectivity index (χ2n) is 6.88. The van der Waals surface area contributed by atoms with E-state index in [-0.39, 0.29) is 11.9 Å². The molecular formula is C19H31N3O3S. The topological polar surface area (TPSA) is 69.7 Å². The number of nitrogens with one attached hydrogen (secondary N) is 1. The quantitative estimate of drug-likeness (QED) is 0.746. The highest BCUT2D eigenvalue weighted by Crippen LogP contribution is 2.17. The molecule has 1 aromatic carbocycles. The van der Waals surface area contributed by atoms with Gasteiger partial charge in [-0.2, -0.15) is 4.31 Å². The number of sulfonamides is 1. The molecule has 0 aliphatic carbocycles. The van der Waals surface area contributed by atoms with Crippen molar-refractivity contribution in [2.24, 2.45) is 0 Å². The van der Waals surface area contributed by atoms with E-state index < -0.39 is 10.0 Å². The average Bonchev–Trinajstić information content (AvgIpc) is 2.63. The lowest BCUT2D eigenvalue weighted by Crippen LogP contribution is -2.43. The molecule has 0 aromatic heterocycles. The van der Waals surface area contributed by atoms with Crippen molar-refractivity contribution in [1.29, 1.82) is 0 Å². The highest BCUT2D eigenvalue weighted by Gasteiger charge is 2.21. The second-order valence-corrected chi connectivity index (χ2v) is 8.82. The van der Waals surface area contributed by atoms with Crippen molar-refractivity contribution in [3.63, 3.8) is 0 Å². The van der Waals surface area contributed by atoms with Gasteiger partial charge in [0.05, 0.1) is 4.90 Å². The molecule has 1 aromatic rings. The molecule has 0 saturated carbocycles. The molecular weight excluding hydrogens is 350 g/mol. The number of rotatable bonds is 8. The minimum atomic E-state index is -3.42. The van der Waals surface area contributed by atoms with E-state index in [4.69, 9.17) is 0 Å². The number of benzene rings is 1. The van der Waals surface area contributed by atoms with E-state index in [2.05, 4.69) is 17.3 Å². The van der Waals surface area contributed by atoms with Crippen LogP contribution >= 0.6 is 0 Å². The molecule has 1 aliphatic rings. The van der Waals surface area contributed by atoms with Crippen molar-refractivity contribution >= 4 is 15.9 Å². The Hall–Kier alpha value is -1.44. The lowest BCUT2D eigenvalue weighted by molar-refractivity contribution is -0.122. The van der Waals surface area contributed by atoms with Crippen LogP contribution in [-0.4, -0.2) is 62.8 Å². The van der Waals surface area contributed by atoms with Crippen LogP contribution in [0.4, 0.5) is 0 Å². The third-order valence-electron chi connectivity index (χ3n) is 4.99. The monoisotopic (exact) mass is 381 g/mol. The van der Waals surface area contributed by atoms with Crippen molar-refractivity contribution in [3.8, 4) is 0 Å². The predicted molar refractivity (Wildman–Crippen MR) is 104 cm³/mol. The van der Waals surface area contributed by atoms with Gasteiger partial charge in [0, 0.05) is 25.6 Å². The van der Waals surface area contributed by atoms with Crippen molar-refractivity contribution in [1.82, 2.24) is 14.5 Å². The van der Waals surface area contributed by atoms with Crippen LogP contribution in [0.5, 0.6) is 0 Å². The Labute approximate surface area is 157 Å². The fourth-order valence-corrected chi connectivity index (χ4v) is 4.71. The van der Waals surface area contributed by atoms with Gasteiger partial charge < -0.3 is 10.2 Å². The molecule has 0 bridgehead atoms. The van der Waals surface area contributed by atoms with Crippen molar-refractivity contribution in [2.45, 2.75) is 50.5 Å². The van der Waals surface area contributed by atoms with Crippen LogP contribution in [0.15, 0.2) is 29.2 Å². The van der Waals surface area contributed by atoms with Gasteiger partial charge in [-0.15, -0.1) is 0 Å². The molecule has 1 aliphatic heterocycles. The lowest BCUT2D eigenvalue weighted by atomic mass is 10.0. The van der Waals surface area contributed by atoms with Crippen LogP contribution in [0.25, 0.3) is 0 Å². The zero-order valence-corrected chi connectivity index (χ0v) is 16.9. The summed E-state index contributed by atoms with van der Waals surface area (Å²) >= 11 is 0. The number of piperidine rings is 1. The third kappa shape index (κ3) is 5.53. The smallest absolute Gasteiger partial charge is 0.243 e. The van der Waals surface area contributed by atoms with Crippen molar-refractivity contribution < 1.29 is 13.2 Å². The number of hydrogen-bond donors (Lipinski definition) is 1. The van der Waals surface area contributed by atoms with Crippen LogP contribution in [0.2, 0.25) is 0 Å². The summed E-state index contributed by atoms with van der Waals surface area (Å²) < 4.78 is 26.4. The molecule has 7 heteroatoms. The normalized spacial score (nSPS) is 16.8. The van der Waals surface area contributed by atoms with Gasteiger partial charge in [-0.25, -0.2) is 8.42 Å². The van der Waals surface area contributed by atoms with E-state index in [9.17, 15) is 13.2 Å². The summed E-state index contributed by atoms with van der Waals surface area (Å²) in [5, 5.41) is 3.11. The van der Waals surface area contributed by atoms with Crippen molar-refractivity contribution in [3.05, 3.63) is 29.8 Å². The fraction of sp³-hybridized carbons (Fsp3) is 0.632. The molecule has 6 nitrogen and oxygen atoms in total. The Bertz CT molecular complexity index is 676. The zero-order valence-electron chi connectivity index (χ0n) is 16.1. The van der Waals surface area contributed by atoms with Gasteiger partial charge in [-0.3, -0.25) is 4.79 Å². The number of hydrogen-bond acceptors (Lipinski definition) is 4. The third-order valence-corrected chi connectivity index (χ3v) is 7.06. The highest BCUT2D eigenvalue weighted by molar-refractivity contribution is 7.89. The Morgan fingerprint density at radius 2 is 1.73 bits per heavy atom. The number of carbonyl (C=O) groups excluding carboxylic acids is 1. The van der Waals surface area contributed by atoms with Gasteiger partial charge in [0.2, 0.25) is 15.9 Å². The number of likely N-dealkylation sites (tertiary alicyclic amines) is 1. The summed E-state index contributed by atoms with van der Waals surface area (Å²) in [5.41, 5.74) is 0.974. The average molecular weight is 382 g/mol. The summed E-state index contributed by atoms with van der Waals surface area (Å²) in [6, 6.07) is 7.16. The molecule has 26 heavy (non-hydrogen) atoms. The first-order valence-corrected chi connectivity index (χ1v) is 10.9. The van der Waals surface area contributed by atoms with Crippen LogP contribution in [0.3, 0.4) is 0 Å². The van der Waals surface area contributed by atoms with E-state index in [0.717, 1.165) is 31.5 Å². The molecule has 1 fully saturated rings. The van der Waals surface area contributed by atoms with Gasteiger partial charge in [0.25, 0.3) is 0 Å². The molecule has 0 radical (unpaired) electrons. The SMILES string of the molecule is CCN(CC)S(=O)(=O)c1ccc(CCC(=O)NC2CCN(C)CC2)cc1. The summed E-state index contributed by atoms with van der Waals surface area (Å²) in [6.07, 6.45) is 3.04. The largest absolute Gasteiger partial charge is 0.353 e. The summed E-state index contributed by atoms with van der Waals surface area (Å²) in [7, 11) is -1.32. The van der Waals surface area contributed by atoms with Crippen LogP contribution < -0.4 is 5.32 Å². The molecule has 2 rings (SSSR count). The van der Waals surface area contributed by atoms with Gasteiger partial charge in [-0.1, -0.05) is 26.0 Å². The maximum absolute atomic E-state index is 12.5. The maximum Gasteiger partial charge on any atom is 0.243 e. The minimum Gasteiger partial charge on any atom is -0.353 e. The summed E-state index contributed by atoms with van der Waals surface area (Å²) in [6.45, 7) is 6.62. The first kappa shape index (κ1) is 20.9. The van der Waals surface area contributed by atoms with E-state index in [0.29, 0.717) is 30.8 Å². The number of nitrogens with zero attached hydrogens (tertiary/aromatic N) is 2. The van der Waals surface area contributed by atoms with E-state index in [1.165, 1.54) is 4.31 Å². The predicted octanol–water partition coefficient (Wildman–Crippen LogP) is 1.86. The van der Waals surface area contributed by atoms with Crippen LogP contribution in [0.1, 0.15) is 38.7 Å². The Kier molecular flexibility index (Phi) is 7.61. The van der Waals surface area contributed by atoms with Gasteiger partial charge in [0.15, 0.2) is 0 Å². The maximum atomic E-state index is 12.5. The van der Waals surface area contributed by atoms with Crippen LogP contribution in [-0.2, 0) is 21.2 Å². The second kappa shape index (κ2) is 9.48. The Morgan fingerprint density at radius 1 is 1.15 bits per heavy atom. The van der Waals surface area contributed by atoms with Gasteiger partial charge in [-0.05, 0) is 57.1 Å². The van der Waals surface area contributed by atoms with E-state index >= 15 is 0 Å². The fourth-order valence-electron chi connectivity index (χ4n) is 3.25. The van der Waals surface area contributed by atoms with E-state index in [1.807, 2.05) is 13.8 Å². The molecule has 1 amide bonds. The molecule has 0 unspecified atom stereocenters. The van der Waals surface area contributed by atoms with Gasteiger partial charge in [0.1, 0.15) is 0 Å². The van der Waals surface area contributed by atoms with E-state index in [1.54, 1.807) is 24.3 Å². The number of aryl methyl sites for hydroxylation is 1. The number of amides is 1. The first-order valence-electron chi connectivity index (χ1n) is 9.43. The molecule has 1 saturated heterocycles. The molecule has 1 heterocycles. The standard InChI is InChI=1S/C19H31N3O3S/c1-4-22(5-2)26(24,25)18-9-6-16(7-10-18)8-11-19(23)20-17-12-14-21(3)15-13-17/h6-7,9-10,17H,4-5,8,11-15H2,1-3H3,(H,20,23). The lowest BCUT2D eigenvalue weighted by Gasteiger charge is -2.29. The highest BCUT2D eigenvalue weighted by atomic mass is 32.2. The Balaban J connectivity index is 1.86. The van der Waals surface area contributed by atoms with Gasteiger partial charge >= 0.3 is 0 Å². The molecule has 1 N–H and O–H groups in total. The Morgan fingerprint density at radius 3 is 2.27 bits per heavy atom. The molecule has 0 spiro atoms. The zero-order chi connectivity index (χ0) is 19.2. The van der Waals surface area contributed by atoms with Crippen LogP contribution in [0, 0.1) is 0 Å². The summed E-state index contributed by atoms with van der Waals surface area (Å²) in [4.78, 5) is 14.7. The molecule has 0 atom stereocenters. The minimum absolute atomic E-state index is 0.0689. The molecule has 146 valence electrons. The number of carbonyl (C=O) groups is 1. The van der Waals surface area contributed by atoms with Crippen molar-refractivity contribution in [2.75, 3.05) is 33.2 Å².